The van der Waals surface area contributed by atoms with Crippen LogP contribution in [0.5, 0.6) is 0 Å². The van der Waals surface area contributed by atoms with Gasteiger partial charge >= 0.3 is 5.97 Å². The van der Waals surface area contributed by atoms with Gasteiger partial charge in [0.2, 0.25) is 5.91 Å². The number of aliphatic carboxylic acids is 1. The van der Waals surface area contributed by atoms with E-state index in [1.165, 1.54) is 6.07 Å². The third kappa shape index (κ3) is 6.69. The van der Waals surface area contributed by atoms with Crippen molar-refractivity contribution in [3.8, 4) is 0 Å². The molecule has 1 rings (SSSR count). The largest absolute Gasteiger partial charge is 0.481 e. The number of benzene rings is 1. The van der Waals surface area contributed by atoms with Gasteiger partial charge in [0.15, 0.2) is 0 Å². The van der Waals surface area contributed by atoms with Crippen LogP contribution in [0.4, 0.5) is 11.4 Å². The van der Waals surface area contributed by atoms with Crippen molar-refractivity contribution in [2.75, 3.05) is 18.4 Å². The highest BCUT2D eigenvalue weighted by Crippen LogP contribution is 2.22. The lowest BCUT2D eigenvalue weighted by Gasteiger charge is -2.08. The number of amides is 1. The number of nitro groups is 1. The van der Waals surface area contributed by atoms with E-state index < -0.39 is 10.9 Å². The SMILES string of the molecule is O=C(O)CCCCC(=O)NCCNc1ccccc1[N+](=O)[O-]. The van der Waals surface area contributed by atoms with Crippen LogP contribution in [0.3, 0.4) is 0 Å². The minimum absolute atomic E-state index is 0.0116. The molecule has 22 heavy (non-hydrogen) atoms. The minimum atomic E-state index is -0.867. The number of carboxylic acids is 1. The summed E-state index contributed by atoms with van der Waals surface area (Å²) >= 11 is 0. The highest BCUT2D eigenvalue weighted by Gasteiger charge is 2.11. The number of rotatable bonds is 10. The van der Waals surface area contributed by atoms with Crippen molar-refractivity contribution in [3.05, 3.63) is 34.4 Å². The van der Waals surface area contributed by atoms with E-state index in [4.69, 9.17) is 5.11 Å². The second-order valence-electron chi connectivity index (χ2n) is 4.65. The molecule has 0 aliphatic rings. The van der Waals surface area contributed by atoms with E-state index in [2.05, 4.69) is 10.6 Å². The van der Waals surface area contributed by atoms with Crippen molar-refractivity contribution in [2.24, 2.45) is 0 Å². The summed E-state index contributed by atoms with van der Waals surface area (Å²) in [5, 5.41) is 24.8. The molecule has 0 aliphatic carbocycles. The fourth-order valence-corrected chi connectivity index (χ4v) is 1.83. The van der Waals surface area contributed by atoms with Gasteiger partial charge in [-0.1, -0.05) is 12.1 Å². The number of carbonyl (C=O) groups excluding carboxylic acids is 1. The first-order valence-electron chi connectivity index (χ1n) is 6.96. The molecule has 1 amide bonds. The molecule has 0 radical (unpaired) electrons. The smallest absolute Gasteiger partial charge is 0.303 e. The maximum Gasteiger partial charge on any atom is 0.303 e. The van der Waals surface area contributed by atoms with Crippen molar-refractivity contribution >= 4 is 23.3 Å². The molecule has 120 valence electrons. The molecular formula is C14H19N3O5. The van der Waals surface area contributed by atoms with E-state index in [1.54, 1.807) is 18.2 Å². The Labute approximate surface area is 127 Å². The summed E-state index contributed by atoms with van der Waals surface area (Å²) in [5.41, 5.74) is 0.394. The molecule has 1 aromatic rings. The topological polar surface area (TPSA) is 122 Å². The second-order valence-corrected chi connectivity index (χ2v) is 4.65. The average molecular weight is 309 g/mol. The summed E-state index contributed by atoms with van der Waals surface area (Å²) in [4.78, 5) is 32.1. The van der Waals surface area contributed by atoms with Crippen molar-refractivity contribution < 1.29 is 19.6 Å². The zero-order valence-corrected chi connectivity index (χ0v) is 12.1. The fourth-order valence-electron chi connectivity index (χ4n) is 1.83. The summed E-state index contributed by atoms with van der Waals surface area (Å²) in [7, 11) is 0. The summed E-state index contributed by atoms with van der Waals surface area (Å²) in [6.07, 6.45) is 1.33. The Balaban J connectivity index is 2.21. The summed E-state index contributed by atoms with van der Waals surface area (Å²) < 4.78 is 0. The first kappa shape index (κ1) is 17.4. The molecular weight excluding hydrogens is 290 g/mol. The summed E-state index contributed by atoms with van der Waals surface area (Å²) in [5.74, 6) is -1.02. The van der Waals surface area contributed by atoms with Gasteiger partial charge in [0.25, 0.3) is 5.69 Å². The Hall–Kier alpha value is -2.64. The van der Waals surface area contributed by atoms with E-state index in [-0.39, 0.29) is 24.4 Å². The molecule has 0 aliphatic heterocycles. The molecule has 1 aromatic carbocycles. The fraction of sp³-hybridized carbons (Fsp3) is 0.429. The van der Waals surface area contributed by atoms with Crippen LogP contribution in [0.1, 0.15) is 25.7 Å². The number of carboxylic acid groups (broad SMARTS) is 1. The Kier molecular flexibility index (Phi) is 7.38. The molecule has 8 nitrogen and oxygen atoms in total. The van der Waals surface area contributed by atoms with Gasteiger partial charge in [-0.2, -0.15) is 0 Å². The average Bonchev–Trinajstić information content (AvgIpc) is 2.48. The van der Waals surface area contributed by atoms with Crippen LogP contribution in [-0.2, 0) is 9.59 Å². The van der Waals surface area contributed by atoms with E-state index in [9.17, 15) is 19.7 Å². The molecule has 0 fully saturated rings. The zero-order chi connectivity index (χ0) is 16.4. The van der Waals surface area contributed by atoms with Gasteiger partial charge in [0.1, 0.15) is 5.69 Å². The van der Waals surface area contributed by atoms with Gasteiger partial charge < -0.3 is 15.7 Å². The van der Waals surface area contributed by atoms with Crippen LogP contribution in [0.25, 0.3) is 0 Å². The number of unbranched alkanes of at least 4 members (excludes halogenated alkanes) is 1. The monoisotopic (exact) mass is 309 g/mol. The van der Waals surface area contributed by atoms with E-state index >= 15 is 0 Å². The molecule has 0 saturated heterocycles. The summed E-state index contributed by atoms with van der Waals surface area (Å²) in [6.45, 7) is 0.704. The van der Waals surface area contributed by atoms with Crippen molar-refractivity contribution in [1.82, 2.24) is 5.32 Å². The maximum atomic E-state index is 11.5. The molecule has 3 N–H and O–H groups in total. The first-order chi connectivity index (χ1) is 10.5. The van der Waals surface area contributed by atoms with Crippen LogP contribution >= 0.6 is 0 Å². The molecule has 0 saturated carbocycles. The van der Waals surface area contributed by atoms with Gasteiger partial charge in [-0.25, -0.2) is 0 Å². The Bertz CT molecular complexity index is 533. The quantitative estimate of drug-likeness (QED) is 0.344. The number of para-hydroxylation sites is 2. The minimum Gasteiger partial charge on any atom is -0.481 e. The molecule has 0 aromatic heterocycles. The number of anilines is 1. The van der Waals surface area contributed by atoms with Crippen LogP contribution in [0, 0.1) is 10.1 Å². The van der Waals surface area contributed by atoms with E-state index in [1.807, 2.05) is 0 Å². The Morgan fingerprint density at radius 1 is 1.14 bits per heavy atom. The number of nitrogens with one attached hydrogen (secondary N) is 2. The van der Waals surface area contributed by atoms with Crippen molar-refractivity contribution in [3.63, 3.8) is 0 Å². The van der Waals surface area contributed by atoms with Gasteiger partial charge in [-0.15, -0.1) is 0 Å². The van der Waals surface area contributed by atoms with Gasteiger partial charge in [0, 0.05) is 32.0 Å². The van der Waals surface area contributed by atoms with Gasteiger partial charge in [0.05, 0.1) is 4.92 Å². The molecule has 0 heterocycles. The lowest BCUT2D eigenvalue weighted by molar-refractivity contribution is -0.384. The zero-order valence-electron chi connectivity index (χ0n) is 12.1. The van der Waals surface area contributed by atoms with Gasteiger partial charge in [-0.3, -0.25) is 19.7 Å². The number of nitrogens with zero attached hydrogens (tertiary/aromatic N) is 1. The number of hydrogen-bond donors (Lipinski definition) is 3. The molecule has 0 spiro atoms. The maximum absolute atomic E-state index is 11.5. The van der Waals surface area contributed by atoms with Crippen LogP contribution in [-0.4, -0.2) is 35.0 Å². The van der Waals surface area contributed by atoms with Crippen LogP contribution < -0.4 is 10.6 Å². The van der Waals surface area contributed by atoms with Crippen molar-refractivity contribution in [2.45, 2.75) is 25.7 Å². The highest BCUT2D eigenvalue weighted by atomic mass is 16.6. The van der Waals surface area contributed by atoms with Gasteiger partial charge in [-0.05, 0) is 18.9 Å². The molecule has 8 heteroatoms. The molecule has 0 atom stereocenters. The highest BCUT2D eigenvalue weighted by molar-refractivity contribution is 5.76. The van der Waals surface area contributed by atoms with Crippen LogP contribution in [0.2, 0.25) is 0 Å². The normalized spacial score (nSPS) is 10.0. The third-order valence-corrected chi connectivity index (χ3v) is 2.91. The predicted molar refractivity (Wildman–Crippen MR) is 80.7 cm³/mol. The lowest BCUT2D eigenvalue weighted by atomic mass is 10.2. The molecule has 0 bridgehead atoms. The summed E-state index contributed by atoms with van der Waals surface area (Å²) in [6, 6.07) is 6.29. The lowest BCUT2D eigenvalue weighted by Crippen LogP contribution is -2.28. The van der Waals surface area contributed by atoms with Crippen LogP contribution in [0.15, 0.2) is 24.3 Å². The van der Waals surface area contributed by atoms with E-state index in [0.717, 1.165) is 0 Å². The first-order valence-corrected chi connectivity index (χ1v) is 6.96. The number of carbonyl (C=O) groups is 2. The Morgan fingerprint density at radius 2 is 1.82 bits per heavy atom. The Morgan fingerprint density at radius 3 is 2.50 bits per heavy atom. The van der Waals surface area contributed by atoms with E-state index in [0.29, 0.717) is 31.6 Å². The standard InChI is InChI=1S/C14H19N3O5/c18-13(7-3-4-8-14(19)20)16-10-9-15-11-5-1-2-6-12(11)17(21)22/h1-2,5-6,15H,3-4,7-10H2,(H,16,18)(H,19,20). The molecule has 0 unspecified atom stereocenters. The third-order valence-electron chi connectivity index (χ3n) is 2.91. The predicted octanol–water partition coefficient (Wildman–Crippen LogP) is 1.77. The van der Waals surface area contributed by atoms with Crippen molar-refractivity contribution in [1.29, 1.82) is 0 Å². The number of hydrogen-bond acceptors (Lipinski definition) is 5. The second kappa shape index (κ2) is 9.32. The number of nitro benzene ring substituents is 1.